The Hall–Kier alpha value is -1.40. The summed E-state index contributed by atoms with van der Waals surface area (Å²) < 4.78 is 16.8. The van der Waals surface area contributed by atoms with Crippen molar-refractivity contribution in [1.29, 1.82) is 0 Å². The Morgan fingerprint density at radius 1 is 1.30 bits per heavy atom. The molecule has 1 atom stereocenters. The van der Waals surface area contributed by atoms with Gasteiger partial charge in [0.1, 0.15) is 6.61 Å². The Bertz CT molecular complexity index is 537. The molecule has 1 heterocycles. The molecule has 0 spiro atoms. The van der Waals surface area contributed by atoms with Crippen LogP contribution in [-0.4, -0.2) is 24.3 Å². The van der Waals surface area contributed by atoms with E-state index < -0.39 is 23.3 Å². The molecule has 1 aliphatic rings. The van der Waals surface area contributed by atoms with Gasteiger partial charge in [0.05, 0.1) is 0 Å². The van der Waals surface area contributed by atoms with E-state index in [-0.39, 0.29) is 6.61 Å². The zero-order valence-electron chi connectivity index (χ0n) is 11.4. The minimum atomic E-state index is -1.42. The van der Waals surface area contributed by atoms with Gasteiger partial charge in [0.25, 0.3) is 0 Å². The van der Waals surface area contributed by atoms with Crippen LogP contribution in [0.4, 0.5) is 0 Å². The van der Waals surface area contributed by atoms with Gasteiger partial charge in [-0.3, -0.25) is 4.79 Å². The van der Waals surface area contributed by atoms with Crippen LogP contribution in [0.25, 0.3) is 0 Å². The molecule has 5 nitrogen and oxygen atoms in total. The Labute approximate surface area is 125 Å². The average molecular weight is 343 g/mol. The first-order chi connectivity index (χ1) is 9.25. The second-order valence-electron chi connectivity index (χ2n) is 5.01. The topological polar surface area (TPSA) is 61.8 Å². The highest BCUT2D eigenvalue weighted by molar-refractivity contribution is 9.10. The van der Waals surface area contributed by atoms with Crippen molar-refractivity contribution >= 4 is 27.9 Å². The summed E-state index contributed by atoms with van der Waals surface area (Å²) in [6.45, 7) is 4.34. The monoisotopic (exact) mass is 342 g/mol. The standard InChI is InChI=1S/C14H15BrO5/c1-9(16)18-8-14(10-4-6-11(15)7-5-10)12(17)19-13(2,3)20-14/h4-7H,8H2,1-3H3/t14-/m0/s1. The summed E-state index contributed by atoms with van der Waals surface area (Å²) in [6, 6.07) is 7.03. The maximum absolute atomic E-state index is 12.3. The number of rotatable bonds is 3. The molecule has 108 valence electrons. The van der Waals surface area contributed by atoms with Crippen molar-refractivity contribution in [1.82, 2.24) is 0 Å². The van der Waals surface area contributed by atoms with E-state index in [2.05, 4.69) is 15.9 Å². The molecule has 0 aromatic heterocycles. The Morgan fingerprint density at radius 3 is 2.35 bits per heavy atom. The summed E-state index contributed by atoms with van der Waals surface area (Å²) in [5, 5.41) is 0. The minimum Gasteiger partial charge on any atom is -0.462 e. The number of carbonyl (C=O) groups is 2. The lowest BCUT2D eigenvalue weighted by atomic mass is 9.95. The van der Waals surface area contributed by atoms with Gasteiger partial charge in [-0.1, -0.05) is 28.1 Å². The molecule has 2 rings (SSSR count). The zero-order valence-corrected chi connectivity index (χ0v) is 13.0. The van der Waals surface area contributed by atoms with Crippen molar-refractivity contribution in [3.63, 3.8) is 0 Å². The van der Waals surface area contributed by atoms with Crippen LogP contribution in [0.2, 0.25) is 0 Å². The summed E-state index contributed by atoms with van der Waals surface area (Å²) in [4.78, 5) is 23.3. The van der Waals surface area contributed by atoms with Crippen LogP contribution in [0.5, 0.6) is 0 Å². The quantitative estimate of drug-likeness (QED) is 0.790. The number of carbonyl (C=O) groups excluding carboxylic acids is 2. The number of ether oxygens (including phenoxy) is 3. The molecular weight excluding hydrogens is 328 g/mol. The van der Waals surface area contributed by atoms with E-state index in [0.29, 0.717) is 5.56 Å². The van der Waals surface area contributed by atoms with E-state index in [1.807, 2.05) is 0 Å². The van der Waals surface area contributed by atoms with Crippen molar-refractivity contribution < 1.29 is 23.8 Å². The maximum Gasteiger partial charge on any atom is 0.349 e. The third-order valence-electron chi connectivity index (χ3n) is 2.88. The SMILES string of the molecule is CC(=O)OC[C@@]1(c2ccc(Br)cc2)OC(C)(C)OC1=O. The van der Waals surface area contributed by atoms with Gasteiger partial charge in [0, 0.05) is 25.2 Å². The average Bonchev–Trinajstić information content (AvgIpc) is 2.58. The summed E-state index contributed by atoms with van der Waals surface area (Å²) in [7, 11) is 0. The van der Waals surface area contributed by atoms with Crippen LogP contribution >= 0.6 is 15.9 Å². The van der Waals surface area contributed by atoms with Crippen LogP contribution in [0, 0.1) is 0 Å². The van der Waals surface area contributed by atoms with Gasteiger partial charge in [0.15, 0.2) is 0 Å². The Balaban J connectivity index is 2.41. The highest BCUT2D eigenvalue weighted by Crippen LogP contribution is 2.40. The first kappa shape index (κ1) is 15.0. The highest BCUT2D eigenvalue weighted by Gasteiger charge is 2.56. The molecule has 0 amide bonds. The number of benzene rings is 1. The van der Waals surface area contributed by atoms with E-state index in [0.717, 1.165) is 4.47 Å². The lowest BCUT2D eigenvalue weighted by molar-refractivity contribution is -0.181. The second kappa shape index (κ2) is 5.18. The summed E-state index contributed by atoms with van der Waals surface area (Å²) in [5.41, 5.74) is -0.840. The van der Waals surface area contributed by atoms with Crippen LogP contribution in [-0.2, 0) is 29.4 Å². The van der Waals surface area contributed by atoms with Crippen molar-refractivity contribution in [2.24, 2.45) is 0 Å². The van der Waals surface area contributed by atoms with Crippen LogP contribution in [0.1, 0.15) is 26.3 Å². The van der Waals surface area contributed by atoms with Crippen LogP contribution in [0.15, 0.2) is 28.7 Å². The third-order valence-corrected chi connectivity index (χ3v) is 3.41. The molecule has 1 saturated heterocycles. The van der Waals surface area contributed by atoms with Crippen LogP contribution in [0.3, 0.4) is 0 Å². The van der Waals surface area contributed by atoms with E-state index >= 15 is 0 Å². The summed E-state index contributed by atoms with van der Waals surface area (Å²) >= 11 is 3.33. The molecule has 0 saturated carbocycles. The smallest absolute Gasteiger partial charge is 0.349 e. The number of hydrogen-bond donors (Lipinski definition) is 0. The number of esters is 2. The van der Waals surface area contributed by atoms with Gasteiger partial charge in [0.2, 0.25) is 11.4 Å². The predicted molar refractivity (Wildman–Crippen MR) is 73.7 cm³/mol. The first-order valence-electron chi connectivity index (χ1n) is 6.08. The van der Waals surface area contributed by atoms with E-state index in [4.69, 9.17) is 14.2 Å². The second-order valence-corrected chi connectivity index (χ2v) is 5.92. The number of halogens is 1. The molecule has 1 fully saturated rings. The molecule has 0 radical (unpaired) electrons. The van der Waals surface area contributed by atoms with Crippen molar-refractivity contribution in [2.45, 2.75) is 32.2 Å². The molecule has 0 unspecified atom stereocenters. The summed E-state index contributed by atoms with van der Waals surface area (Å²) in [6.07, 6.45) is 0. The molecule has 0 aliphatic carbocycles. The fraction of sp³-hybridized carbons (Fsp3) is 0.429. The molecule has 0 N–H and O–H groups in total. The van der Waals surface area contributed by atoms with Gasteiger partial charge in [-0.25, -0.2) is 4.79 Å². The number of cyclic esters (lactones) is 1. The molecular formula is C14H15BrO5. The minimum absolute atomic E-state index is 0.216. The fourth-order valence-electron chi connectivity index (χ4n) is 2.06. The number of hydrogen-bond acceptors (Lipinski definition) is 5. The van der Waals surface area contributed by atoms with Crippen LogP contribution < -0.4 is 0 Å². The van der Waals surface area contributed by atoms with E-state index in [1.54, 1.807) is 38.1 Å². The van der Waals surface area contributed by atoms with Gasteiger partial charge >= 0.3 is 11.9 Å². The molecule has 6 heteroatoms. The predicted octanol–water partition coefficient (Wildman–Crippen LogP) is 2.52. The third kappa shape index (κ3) is 2.86. The molecule has 1 aromatic rings. The van der Waals surface area contributed by atoms with Crippen molar-refractivity contribution in [3.8, 4) is 0 Å². The lowest BCUT2D eigenvalue weighted by Crippen LogP contribution is -2.40. The van der Waals surface area contributed by atoms with Gasteiger partial charge < -0.3 is 14.2 Å². The summed E-state index contributed by atoms with van der Waals surface area (Å²) in [5.74, 6) is -2.11. The fourth-order valence-corrected chi connectivity index (χ4v) is 2.32. The van der Waals surface area contributed by atoms with Crippen molar-refractivity contribution in [3.05, 3.63) is 34.3 Å². The normalized spacial score (nSPS) is 24.3. The van der Waals surface area contributed by atoms with E-state index in [1.165, 1.54) is 6.92 Å². The largest absolute Gasteiger partial charge is 0.462 e. The zero-order chi connectivity index (χ0) is 15.0. The molecule has 0 bridgehead atoms. The molecule has 1 aromatic carbocycles. The van der Waals surface area contributed by atoms with Gasteiger partial charge in [-0.15, -0.1) is 0 Å². The Kier molecular flexibility index (Phi) is 3.88. The van der Waals surface area contributed by atoms with Crippen molar-refractivity contribution in [2.75, 3.05) is 6.61 Å². The lowest BCUT2D eigenvalue weighted by Gasteiger charge is -2.26. The maximum atomic E-state index is 12.3. The molecule has 20 heavy (non-hydrogen) atoms. The van der Waals surface area contributed by atoms with Gasteiger partial charge in [-0.05, 0) is 17.7 Å². The Morgan fingerprint density at radius 2 is 1.90 bits per heavy atom. The van der Waals surface area contributed by atoms with Gasteiger partial charge in [-0.2, -0.15) is 0 Å². The first-order valence-corrected chi connectivity index (χ1v) is 6.87. The van der Waals surface area contributed by atoms with E-state index in [9.17, 15) is 9.59 Å². The highest BCUT2D eigenvalue weighted by atomic mass is 79.9. The molecule has 1 aliphatic heterocycles.